The highest BCUT2D eigenvalue weighted by molar-refractivity contribution is 6.40. The van der Waals surface area contributed by atoms with Gasteiger partial charge in [0, 0.05) is 5.02 Å². The molecule has 0 aliphatic heterocycles. The van der Waals surface area contributed by atoms with E-state index in [1.807, 2.05) is 31.2 Å². The first-order valence-corrected chi connectivity index (χ1v) is 12.2. The minimum atomic E-state index is -0.955. The molecule has 0 radical (unpaired) electrons. The topological polar surface area (TPSA) is 98.2 Å². The molecule has 9 heteroatoms. The van der Waals surface area contributed by atoms with E-state index in [4.69, 9.17) is 25.8 Å². The van der Waals surface area contributed by atoms with Gasteiger partial charge in [-0.15, -0.1) is 0 Å². The SMILES string of the molecule is CCOc1cc(/C=N/NC(=O)C(=O)Nc2cc(Cl)ccc2OC)ccc1OCc1cccc2ccccc12. The largest absolute Gasteiger partial charge is 0.495 e. The molecule has 4 aromatic carbocycles. The maximum atomic E-state index is 12.3. The van der Waals surface area contributed by atoms with E-state index in [0.29, 0.717) is 41.0 Å². The number of anilines is 1. The highest BCUT2D eigenvalue weighted by atomic mass is 35.5. The number of rotatable bonds is 9. The van der Waals surface area contributed by atoms with Crippen LogP contribution < -0.4 is 25.0 Å². The van der Waals surface area contributed by atoms with Crippen molar-refractivity contribution in [1.82, 2.24) is 5.43 Å². The Morgan fingerprint density at radius 3 is 2.50 bits per heavy atom. The van der Waals surface area contributed by atoms with Gasteiger partial charge in [-0.1, -0.05) is 54.1 Å². The maximum Gasteiger partial charge on any atom is 0.329 e. The molecule has 0 aromatic heterocycles. The quantitative estimate of drug-likeness (QED) is 0.167. The summed E-state index contributed by atoms with van der Waals surface area (Å²) in [5.41, 5.74) is 4.18. The number of nitrogens with zero attached hydrogens (tertiary/aromatic N) is 1. The van der Waals surface area contributed by atoms with Crippen molar-refractivity contribution in [1.29, 1.82) is 0 Å². The van der Waals surface area contributed by atoms with Gasteiger partial charge in [0.1, 0.15) is 12.4 Å². The van der Waals surface area contributed by atoms with E-state index < -0.39 is 11.8 Å². The van der Waals surface area contributed by atoms with E-state index in [-0.39, 0.29) is 5.69 Å². The molecule has 0 unspecified atom stereocenters. The molecule has 8 nitrogen and oxygen atoms in total. The predicted molar refractivity (Wildman–Crippen MR) is 148 cm³/mol. The first-order valence-electron chi connectivity index (χ1n) is 11.8. The third-order valence-electron chi connectivity index (χ3n) is 5.53. The fourth-order valence-corrected chi connectivity index (χ4v) is 3.91. The molecule has 38 heavy (non-hydrogen) atoms. The minimum Gasteiger partial charge on any atom is -0.495 e. The Bertz CT molecular complexity index is 1480. The molecule has 0 saturated carbocycles. The van der Waals surface area contributed by atoms with Gasteiger partial charge in [-0.25, -0.2) is 5.43 Å². The summed E-state index contributed by atoms with van der Waals surface area (Å²) < 4.78 is 17.0. The Balaban J connectivity index is 1.40. The summed E-state index contributed by atoms with van der Waals surface area (Å²) >= 11 is 5.96. The maximum absolute atomic E-state index is 12.3. The van der Waals surface area contributed by atoms with Crippen LogP contribution in [0.2, 0.25) is 5.02 Å². The van der Waals surface area contributed by atoms with Gasteiger partial charge < -0.3 is 19.5 Å². The molecule has 0 heterocycles. The first kappa shape index (κ1) is 26.5. The lowest BCUT2D eigenvalue weighted by molar-refractivity contribution is -0.136. The summed E-state index contributed by atoms with van der Waals surface area (Å²) in [6.07, 6.45) is 1.40. The van der Waals surface area contributed by atoms with Crippen molar-refractivity contribution >= 4 is 46.1 Å². The van der Waals surface area contributed by atoms with Crippen LogP contribution in [-0.2, 0) is 16.2 Å². The molecule has 4 aromatic rings. The van der Waals surface area contributed by atoms with Crippen LogP contribution in [0.5, 0.6) is 17.2 Å². The van der Waals surface area contributed by atoms with Gasteiger partial charge in [-0.2, -0.15) is 5.10 Å². The number of amides is 2. The molecule has 0 fully saturated rings. The monoisotopic (exact) mass is 531 g/mol. The van der Waals surface area contributed by atoms with Gasteiger partial charge in [0.25, 0.3) is 0 Å². The number of carbonyl (C=O) groups is 2. The zero-order valence-electron chi connectivity index (χ0n) is 20.9. The number of hydrogen-bond donors (Lipinski definition) is 2. The number of benzene rings is 4. The van der Waals surface area contributed by atoms with Crippen molar-refractivity contribution in [2.45, 2.75) is 13.5 Å². The summed E-state index contributed by atoms with van der Waals surface area (Å²) in [6.45, 7) is 2.69. The molecular formula is C29H26ClN3O5. The van der Waals surface area contributed by atoms with Crippen LogP contribution in [-0.4, -0.2) is 31.7 Å². The zero-order chi connectivity index (χ0) is 26.9. The molecule has 2 N–H and O–H groups in total. The number of ether oxygens (including phenoxy) is 3. The van der Waals surface area contributed by atoms with Gasteiger partial charge in [-0.05, 0) is 65.2 Å². The highest BCUT2D eigenvalue weighted by Gasteiger charge is 2.16. The summed E-state index contributed by atoms with van der Waals surface area (Å²) in [5, 5.41) is 9.00. The van der Waals surface area contributed by atoms with Crippen molar-refractivity contribution in [3.63, 3.8) is 0 Å². The summed E-state index contributed by atoms with van der Waals surface area (Å²) in [4.78, 5) is 24.5. The Morgan fingerprint density at radius 2 is 1.68 bits per heavy atom. The second-order valence-electron chi connectivity index (χ2n) is 8.06. The molecule has 0 aliphatic rings. The molecule has 0 atom stereocenters. The van der Waals surface area contributed by atoms with Crippen molar-refractivity contribution < 1.29 is 23.8 Å². The standard InChI is InChI=1S/C29H26ClN3O5/c1-3-37-27-15-19(11-13-26(27)38-18-21-9-6-8-20-7-4-5-10-23(20)21)17-31-33-29(35)28(34)32-24-16-22(30)12-14-25(24)36-2/h4-17H,3,18H2,1-2H3,(H,32,34)(H,33,35)/b31-17+. The molecule has 0 spiro atoms. The third-order valence-corrected chi connectivity index (χ3v) is 5.76. The second-order valence-corrected chi connectivity index (χ2v) is 8.50. The second kappa shape index (κ2) is 12.6. The Morgan fingerprint density at radius 1 is 0.895 bits per heavy atom. The third kappa shape index (κ3) is 6.60. The lowest BCUT2D eigenvalue weighted by Crippen LogP contribution is -2.32. The van der Waals surface area contributed by atoms with E-state index in [9.17, 15) is 9.59 Å². The normalized spacial score (nSPS) is 10.8. The van der Waals surface area contributed by atoms with Crippen LogP contribution in [0.1, 0.15) is 18.1 Å². The Kier molecular flexibility index (Phi) is 8.79. The van der Waals surface area contributed by atoms with E-state index in [1.165, 1.54) is 19.4 Å². The van der Waals surface area contributed by atoms with E-state index in [0.717, 1.165) is 16.3 Å². The predicted octanol–water partition coefficient (Wildman–Crippen LogP) is 5.57. The summed E-state index contributed by atoms with van der Waals surface area (Å²) in [6, 6.07) is 24.2. The fraction of sp³-hybridized carbons (Fsp3) is 0.138. The Hall–Kier alpha value is -4.56. The Labute approximate surface area is 225 Å². The van der Waals surface area contributed by atoms with E-state index >= 15 is 0 Å². The molecule has 0 saturated heterocycles. The van der Waals surface area contributed by atoms with Gasteiger partial charge in [0.15, 0.2) is 11.5 Å². The van der Waals surface area contributed by atoms with Crippen LogP contribution in [0.4, 0.5) is 5.69 Å². The van der Waals surface area contributed by atoms with Crippen molar-refractivity contribution in [2.24, 2.45) is 5.10 Å². The lowest BCUT2D eigenvalue weighted by Gasteiger charge is -2.13. The highest BCUT2D eigenvalue weighted by Crippen LogP contribution is 2.30. The van der Waals surface area contributed by atoms with Gasteiger partial charge in [0.05, 0.1) is 25.6 Å². The van der Waals surface area contributed by atoms with Crippen molar-refractivity contribution in [3.05, 3.63) is 95.0 Å². The smallest absolute Gasteiger partial charge is 0.329 e. The van der Waals surface area contributed by atoms with E-state index in [2.05, 4.69) is 34.0 Å². The van der Waals surface area contributed by atoms with Gasteiger partial charge in [0.2, 0.25) is 0 Å². The molecule has 2 amide bonds. The number of fused-ring (bicyclic) bond motifs is 1. The molecular weight excluding hydrogens is 506 g/mol. The zero-order valence-corrected chi connectivity index (χ0v) is 21.6. The number of carbonyl (C=O) groups excluding carboxylic acids is 2. The van der Waals surface area contributed by atoms with Crippen LogP contribution in [0.25, 0.3) is 10.8 Å². The van der Waals surface area contributed by atoms with Gasteiger partial charge >= 0.3 is 11.8 Å². The number of nitrogens with one attached hydrogen (secondary N) is 2. The fourth-order valence-electron chi connectivity index (χ4n) is 3.74. The number of hydrazone groups is 1. The lowest BCUT2D eigenvalue weighted by atomic mass is 10.1. The average molecular weight is 532 g/mol. The molecule has 0 bridgehead atoms. The first-order chi connectivity index (χ1) is 18.5. The average Bonchev–Trinajstić information content (AvgIpc) is 2.93. The molecule has 194 valence electrons. The van der Waals surface area contributed by atoms with Crippen LogP contribution >= 0.6 is 11.6 Å². The van der Waals surface area contributed by atoms with Crippen LogP contribution in [0, 0.1) is 0 Å². The summed E-state index contributed by atoms with van der Waals surface area (Å²) in [7, 11) is 1.44. The van der Waals surface area contributed by atoms with Crippen molar-refractivity contribution in [3.8, 4) is 17.2 Å². The van der Waals surface area contributed by atoms with Crippen LogP contribution in [0.15, 0.2) is 84.0 Å². The molecule has 0 aliphatic carbocycles. The number of methoxy groups -OCH3 is 1. The minimum absolute atomic E-state index is 0.268. The van der Waals surface area contributed by atoms with Crippen LogP contribution in [0.3, 0.4) is 0 Å². The summed E-state index contributed by atoms with van der Waals surface area (Å²) in [5.74, 6) is -0.395. The van der Waals surface area contributed by atoms with Gasteiger partial charge in [-0.3, -0.25) is 9.59 Å². The van der Waals surface area contributed by atoms with E-state index in [1.54, 1.807) is 30.3 Å². The number of hydrogen-bond acceptors (Lipinski definition) is 6. The molecule has 4 rings (SSSR count). The van der Waals surface area contributed by atoms with Crippen molar-refractivity contribution in [2.75, 3.05) is 19.0 Å². The number of halogens is 1.